The third-order valence-electron chi connectivity index (χ3n) is 4.81. The lowest BCUT2D eigenvalue weighted by Gasteiger charge is -2.41. The molecule has 1 fully saturated rings. The Labute approximate surface area is 126 Å². The molecule has 0 aromatic heterocycles. The lowest BCUT2D eigenvalue weighted by atomic mass is 9.98. The molecule has 1 N–H and O–H groups in total. The van der Waals surface area contributed by atoms with Crippen molar-refractivity contribution >= 4 is 10.8 Å². The molecule has 21 heavy (non-hydrogen) atoms. The van der Waals surface area contributed by atoms with Crippen LogP contribution >= 0.6 is 0 Å². The van der Waals surface area contributed by atoms with Crippen molar-refractivity contribution in [3.63, 3.8) is 0 Å². The van der Waals surface area contributed by atoms with Gasteiger partial charge in [0.25, 0.3) is 0 Å². The lowest BCUT2D eigenvalue weighted by molar-refractivity contribution is 0.120. The minimum atomic E-state index is 0.623. The summed E-state index contributed by atoms with van der Waals surface area (Å²) in [5.74, 6) is 0. The zero-order chi connectivity index (χ0) is 14.1. The monoisotopic (exact) mass is 278 g/mol. The molecule has 5 rings (SSSR count). The highest BCUT2D eigenvalue weighted by Crippen LogP contribution is 2.21. The molecule has 3 heterocycles. The van der Waals surface area contributed by atoms with Crippen molar-refractivity contribution in [1.29, 1.82) is 0 Å². The van der Waals surface area contributed by atoms with Crippen LogP contribution in [0.5, 0.6) is 0 Å². The number of hydrogen-bond acceptors (Lipinski definition) is 2. The molecule has 2 aromatic carbocycles. The predicted octanol–water partition coefficient (Wildman–Crippen LogP) is 3.33. The van der Waals surface area contributed by atoms with Crippen molar-refractivity contribution in [3.05, 3.63) is 60.2 Å². The molecule has 1 saturated heterocycles. The Bertz CT molecular complexity index is 661. The fraction of sp³-hybridized carbons (Fsp3) is 0.368. The first kappa shape index (κ1) is 13.1. The fourth-order valence-corrected chi connectivity index (χ4v) is 3.60. The number of fused-ring (bicyclic) bond motifs is 5. The molecule has 2 bridgehead atoms. The first-order valence-corrected chi connectivity index (χ1v) is 7.98. The Morgan fingerprint density at radius 1 is 1.00 bits per heavy atom. The highest BCUT2D eigenvalue weighted by molar-refractivity contribution is 5.82. The molecular weight excluding hydrogens is 256 g/mol. The van der Waals surface area contributed by atoms with E-state index in [1.807, 2.05) is 0 Å². The quantitative estimate of drug-likeness (QED) is 0.848. The second-order valence-electron chi connectivity index (χ2n) is 6.31. The molecule has 0 spiro atoms. The Morgan fingerprint density at radius 3 is 2.81 bits per heavy atom. The van der Waals surface area contributed by atoms with Gasteiger partial charge in [0, 0.05) is 31.7 Å². The summed E-state index contributed by atoms with van der Waals surface area (Å²) in [4.78, 5) is 2.66. The van der Waals surface area contributed by atoms with E-state index in [4.69, 9.17) is 0 Å². The first-order chi connectivity index (χ1) is 10.4. The van der Waals surface area contributed by atoms with E-state index in [1.165, 1.54) is 35.7 Å². The molecular formula is C19H22N2. The van der Waals surface area contributed by atoms with Crippen LogP contribution in [0.2, 0.25) is 0 Å². The molecule has 0 saturated carbocycles. The summed E-state index contributed by atoms with van der Waals surface area (Å²) in [7, 11) is 0. The van der Waals surface area contributed by atoms with E-state index in [0.29, 0.717) is 12.1 Å². The molecule has 108 valence electrons. The normalized spacial score (nSPS) is 27.4. The molecule has 2 atom stereocenters. The SMILES string of the molecule is C1=C\C[C@H]2CN[C@@H](C/1)CN2Cc1ccc2ccccc2c1. The maximum atomic E-state index is 3.67. The van der Waals surface area contributed by atoms with Gasteiger partial charge < -0.3 is 5.32 Å². The molecule has 3 aliphatic rings. The van der Waals surface area contributed by atoms with E-state index < -0.39 is 0 Å². The molecule has 2 nitrogen and oxygen atoms in total. The Morgan fingerprint density at radius 2 is 1.86 bits per heavy atom. The van der Waals surface area contributed by atoms with Gasteiger partial charge in [-0.15, -0.1) is 0 Å². The van der Waals surface area contributed by atoms with Gasteiger partial charge in [-0.05, 0) is 35.2 Å². The fourth-order valence-electron chi connectivity index (χ4n) is 3.60. The van der Waals surface area contributed by atoms with E-state index in [9.17, 15) is 0 Å². The number of nitrogens with zero attached hydrogens (tertiary/aromatic N) is 1. The zero-order valence-electron chi connectivity index (χ0n) is 12.3. The average molecular weight is 278 g/mol. The van der Waals surface area contributed by atoms with Crippen LogP contribution < -0.4 is 5.32 Å². The molecule has 3 aliphatic heterocycles. The number of benzene rings is 2. The Balaban J connectivity index is 1.57. The topological polar surface area (TPSA) is 15.3 Å². The van der Waals surface area contributed by atoms with Crippen LogP contribution in [-0.4, -0.2) is 30.1 Å². The van der Waals surface area contributed by atoms with Crippen LogP contribution in [0.25, 0.3) is 10.8 Å². The molecule has 0 aliphatic carbocycles. The largest absolute Gasteiger partial charge is 0.311 e. The summed E-state index contributed by atoms with van der Waals surface area (Å²) >= 11 is 0. The number of rotatable bonds is 2. The van der Waals surface area contributed by atoms with Crippen LogP contribution in [0.3, 0.4) is 0 Å². The number of piperazine rings is 1. The highest BCUT2D eigenvalue weighted by Gasteiger charge is 2.27. The molecule has 0 amide bonds. The van der Waals surface area contributed by atoms with Gasteiger partial charge in [0.15, 0.2) is 0 Å². The highest BCUT2D eigenvalue weighted by atomic mass is 15.2. The van der Waals surface area contributed by atoms with Crippen molar-refractivity contribution in [2.75, 3.05) is 13.1 Å². The second kappa shape index (κ2) is 5.63. The Kier molecular flexibility index (Phi) is 3.50. The van der Waals surface area contributed by atoms with Gasteiger partial charge in [0.2, 0.25) is 0 Å². The minimum Gasteiger partial charge on any atom is -0.311 e. The van der Waals surface area contributed by atoms with E-state index >= 15 is 0 Å². The van der Waals surface area contributed by atoms with Crippen LogP contribution in [0.15, 0.2) is 54.6 Å². The van der Waals surface area contributed by atoms with Crippen LogP contribution in [0.4, 0.5) is 0 Å². The maximum absolute atomic E-state index is 3.67. The summed E-state index contributed by atoms with van der Waals surface area (Å²) in [6.07, 6.45) is 7.05. The minimum absolute atomic E-state index is 0.623. The molecule has 0 radical (unpaired) electrons. The van der Waals surface area contributed by atoms with Gasteiger partial charge in [-0.2, -0.15) is 0 Å². The van der Waals surface area contributed by atoms with Gasteiger partial charge in [-0.1, -0.05) is 48.6 Å². The Hall–Kier alpha value is -1.64. The van der Waals surface area contributed by atoms with Crippen LogP contribution in [0.1, 0.15) is 18.4 Å². The van der Waals surface area contributed by atoms with Crippen LogP contribution in [-0.2, 0) is 6.54 Å². The van der Waals surface area contributed by atoms with Crippen molar-refractivity contribution < 1.29 is 0 Å². The molecule has 0 unspecified atom stereocenters. The van der Waals surface area contributed by atoms with E-state index in [-0.39, 0.29) is 0 Å². The van der Waals surface area contributed by atoms with Crippen molar-refractivity contribution in [1.82, 2.24) is 10.2 Å². The maximum Gasteiger partial charge on any atom is 0.0259 e. The van der Waals surface area contributed by atoms with E-state index in [2.05, 4.69) is 64.8 Å². The van der Waals surface area contributed by atoms with Gasteiger partial charge >= 0.3 is 0 Å². The molecule has 2 aromatic rings. The number of nitrogens with one attached hydrogen (secondary N) is 1. The predicted molar refractivity (Wildman–Crippen MR) is 88.3 cm³/mol. The smallest absolute Gasteiger partial charge is 0.0259 e. The van der Waals surface area contributed by atoms with Crippen molar-refractivity contribution in [2.45, 2.75) is 31.5 Å². The summed E-state index contributed by atoms with van der Waals surface area (Å²) in [5.41, 5.74) is 1.43. The van der Waals surface area contributed by atoms with Gasteiger partial charge in [0.05, 0.1) is 0 Å². The summed E-state index contributed by atoms with van der Waals surface area (Å²) < 4.78 is 0. The van der Waals surface area contributed by atoms with Crippen molar-refractivity contribution in [2.24, 2.45) is 0 Å². The summed E-state index contributed by atoms with van der Waals surface area (Å²) in [6.45, 7) is 3.37. The third-order valence-corrected chi connectivity index (χ3v) is 4.81. The number of hydrogen-bond donors (Lipinski definition) is 1. The first-order valence-electron chi connectivity index (χ1n) is 7.98. The van der Waals surface area contributed by atoms with Crippen molar-refractivity contribution in [3.8, 4) is 0 Å². The summed E-state index contributed by atoms with van der Waals surface area (Å²) in [6, 6.07) is 16.8. The van der Waals surface area contributed by atoms with Gasteiger partial charge in [-0.25, -0.2) is 0 Å². The van der Waals surface area contributed by atoms with Crippen LogP contribution in [0, 0.1) is 0 Å². The second-order valence-corrected chi connectivity index (χ2v) is 6.31. The zero-order valence-corrected chi connectivity index (χ0v) is 12.3. The van der Waals surface area contributed by atoms with Gasteiger partial charge in [0.1, 0.15) is 0 Å². The van der Waals surface area contributed by atoms with E-state index in [1.54, 1.807) is 0 Å². The summed E-state index contributed by atoms with van der Waals surface area (Å²) in [5, 5.41) is 6.36. The van der Waals surface area contributed by atoms with Gasteiger partial charge in [-0.3, -0.25) is 4.90 Å². The molecule has 2 heteroatoms. The lowest BCUT2D eigenvalue weighted by Crippen LogP contribution is -2.56. The average Bonchev–Trinajstić information content (AvgIpc) is 2.48. The standard InChI is InChI=1S/C19H22N2/c1-2-6-17-11-15(9-10-16(17)5-1)13-21-14-18-7-3-4-8-19(21)12-20-18/h1-6,9-11,18-20H,7-8,12-14H2/b4-3-/t18-,19-/m0/s1. The van der Waals surface area contributed by atoms with E-state index in [0.717, 1.165) is 13.1 Å². The third kappa shape index (κ3) is 2.74.